The molecular weight excluding hydrogens is 258 g/mol. The van der Waals surface area contributed by atoms with E-state index in [4.69, 9.17) is 10.5 Å². The number of carbonyl (C=O) groups is 1. The molecule has 0 aliphatic carbocycles. The minimum atomic E-state index is -0.235. The van der Waals surface area contributed by atoms with Gasteiger partial charge in [-0.05, 0) is 26.4 Å². The van der Waals surface area contributed by atoms with Gasteiger partial charge in [0.25, 0.3) is 5.91 Å². The Morgan fingerprint density at radius 3 is 3.10 bits per heavy atom. The standard InChI is InChI=1S/C13H21N5O2/c1-18-6-4-3-5-9(18)7-15-11(19)10-8-16-13(14)17-12(10)20-2/h8-9H,3-7H2,1-2H3,(H,15,19)(H2,14,16,17)/t9-/m1/s1. The zero-order valence-electron chi connectivity index (χ0n) is 11.9. The molecule has 1 aromatic rings. The first-order valence-electron chi connectivity index (χ1n) is 6.76. The van der Waals surface area contributed by atoms with Crippen molar-refractivity contribution < 1.29 is 9.53 Å². The first kappa shape index (κ1) is 14.5. The molecule has 1 fully saturated rings. The molecular formula is C13H21N5O2. The lowest BCUT2D eigenvalue weighted by Crippen LogP contribution is -2.44. The molecule has 1 aromatic heterocycles. The van der Waals surface area contributed by atoms with Crippen LogP contribution < -0.4 is 15.8 Å². The summed E-state index contributed by atoms with van der Waals surface area (Å²) in [6, 6.07) is 0.383. The Bertz CT molecular complexity index is 480. The van der Waals surface area contributed by atoms with Gasteiger partial charge in [0.2, 0.25) is 11.8 Å². The van der Waals surface area contributed by atoms with E-state index in [1.54, 1.807) is 0 Å². The van der Waals surface area contributed by atoms with E-state index in [9.17, 15) is 4.79 Å². The fraction of sp³-hybridized carbons (Fsp3) is 0.615. The Kier molecular flexibility index (Phi) is 4.73. The van der Waals surface area contributed by atoms with Crippen molar-refractivity contribution in [1.82, 2.24) is 20.2 Å². The third-order valence-electron chi connectivity index (χ3n) is 3.63. The average Bonchev–Trinajstić information content (AvgIpc) is 2.46. The molecule has 1 aliphatic rings. The number of nitrogens with one attached hydrogen (secondary N) is 1. The van der Waals surface area contributed by atoms with Crippen LogP contribution in [0.1, 0.15) is 29.6 Å². The van der Waals surface area contributed by atoms with Gasteiger partial charge in [-0.15, -0.1) is 0 Å². The maximum Gasteiger partial charge on any atom is 0.258 e. The molecule has 110 valence electrons. The molecule has 0 unspecified atom stereocenters. The average molecular weight is 279 g/mol. The largest absolute Gasteiger partial charge is 0.480 e. The quantitative estimate of drug-likeness (QED) is 0.822. The van der Waals surface area contributed by atoms with E-state index in [2.05, 4.69) is 27.2 Å². The van der Waals surface area contributed by atoms with Crippen LogP contribution in [0.5, 0.6) is 5.88 Å². The number of hydrogen-bond donors (Lipinski definition) is 2. The van der Waals surface area contributed by atoms with Gasteiger partial charge in [0.15, 0.2) is 0 Å². The van der Waals surface area contributed by atoms with E-state index < -0.39 is 0 Å². The van der Waals surface area contributed by atoms with E-state index in [1.807, 2.05) is 0 Å². The molecule has 20 heavy (non-hydrogen) atoms. The summed E-state index contributed by atoms with van der Waals surface area (Å²) >= 11 is 0. The molecule has 7 nitrogen and oxygen atoms in total. The molecule has 0 spiro atoms. The van der Waals surface area contributed by atoms with Crippen LogP contribution in [0.3, 0.4) is 0 Å². The summed E-state index contributed by atoms with van der Waals surface area (Å²) in [7, 11) is 3.54. The Balaban J connectivity index is 1.98. The monoisotopic (exact) mass is 279 g/mol. The molecule has 2 rings (SSSR count). The normalized spacial score (nSPS) is 19.6. The highest BCUT2D eigenvalue weighted by Crippen LogP contribution is 2.16. The maximum atomic E-state index is 12.2. The lowest BCUT2D eigenvalue weighted by molar-refractivity contribution is 0.0924. The number of likely N-dealkylation sites (tertiary alicyclic amines) is 1. The Morgan fingerprint density at radius 2 is 2.40 bits per heavy atom. The highest BCUT2D eigenvalue weighted by molar-refractivity contribution is 5.96. The van der Waals surface area contributed by atoms with Crippen LogP contribution in [0.15, 0.2) is 6.20 Å². The van der Waals surface area contributed by atoms with Gasteiger partial charge < -0.3 is 20.7 Å². The van der Waals surface area contributed by atoms with E-state index >= 15 is 0 Å². The number of anilines is 1. The summed E-state index contributed by atoms with van der Waals surface area (Å²) in [5.41, 5.74) is 5.78. The number of methoxy groups -OCH3 is 1. The van der Waals surface area contributed by atoms with Crippen molar-refractivity contribution >= 4 is 11.9 Å². The first-order chi connectivity index (χ1) is 9.61. The molecule has 1 atom stereocenters. The fourth-order valence-corrected chi connectivity index (χ4v) is 2.40. The summed E-state index contributed by atoms with van der Waals surface area (Å²) in [6.45, 7) is 1.69. The minimum absolute atomic E-state index is 0.0883. The molecule has 0 aromatic carbocycles. The number of amides is 1. The second kappa shape index (κ2) is 6.51. The van der Waals surface area contributed by atoms with Gasteiger partial charge >= 0.3 is 0 Å². The number of likely N-dealkylation sites (N-methyl/N-ethyl adjacent to an activating group) is 1. The number of hydrogen-bond acceptors (Lipinski definition) is 6. The fourth-order valence-electron chi connectivity index (χ4n) is 2.40. The van der Waals surface area contributed by atoms with Crippen LogP contribution in [0.2, 0.25) is 0 Å². The second-order valence-electron chi connectivity index (χ2n) is 4.99. The van der Waals surface area contributed by atoms with Crippen molar-refractivity contribution in [3.63, 3.8) is 0 Å². The lowest BCUT2D eigenvalue weighted by atomic mass is 10.0. The number of nitrogens with two attached hydrogens (primary N) is 1. The van der Waals surface area contributed by atoms with Gasteiger partial charge in [-0.1, -0.05) is 6.42 Å². The van der Waals surface area contributed by atoms with Crippen molar-refractivity contribution in [2.24, 2.45) is 0 Å². The number of nitrogen functional groups attached to an aromatic ring is 1. The van der Waals surface area contributed by atoms with Crippen molar-refractivity contribution in [1.29, 1.82) is 0 Å². The molecule has 0 radical (unpaired) electrons. The highest BCUT2D eigenvalue weighted by atomic mass is 16.5. The molecule has 0 bridgehead atoms. The van der Waals surface area contributed by atoms with Crippen LogP contribution in [0.4, 0.5) is 5.95 Å². The van der Waals surface area contributed by atoms with Crippen molar-refractivity contribution in [2.45, 2.75) is 25.3 Å². The Labute approximate surface area is 118 Å². The molecule has 3 N–H and O–H groups in total. The number of piperidine rings is 1. The third kappa shape index (κ3) is 3.36. The molecule has 1 saturated heterocycles. The number of rotatable bonds is 4. The van der Waals surface area contributed by atoms with Crippen LogP contribution in [0, 0.1) is 0 Å². The summed E-state index contributed by atoms with van der Waals surface area (Å²) in [5, 5.41) is 2.91. The molecule has 0 saturated carbocycles. The van der Waals surface area contributed by atoms with Crippen LogP contribution in [0.25, 0.3) is 0 Å². The number of aromatic nitrogens is 2. The number of nitrogens with zero attached hydrogens (tertiary/aromatic N) is 3. The topological polar surface area (TPSA) is 93.4 Å². The lowest BCUT2D eigenvalue weighted by Gasteiger charge is -2.32. The molecule has 2 heterocycles. The summed E-state index contributed by atoms with van der Waals surface area (Å²) < 4.78 is 5.06. The zero-order valence-corrected chi connectivity index (χ0v) is 11.9. The van der Waals surface area contributed by atoms with Crippen molar-refractivity contribution in [3.8, 4) is 5.88 Å². The van der Waals surface area contributed by atoms with Crippen LogP contribution in [-0.4, -0.2) is 54.1 Å². The van der Waals surface area contributed by atoms with Gasteiger partial charge in [0.1, 0.15) is 5.56 Å². The van der Waals surface area contributed by atoms with Crippen molar-refractivity contribution in [3.05, 3.63) is 11.8 Å². The summed E-state index contributed by atoms with van der Waals surface area (Å²) in [4.78, 5) is 22.2. The van der Waals surface area contributed by atoms with Crippen LogP contribution >= 0.6 is 0 Å². The molecule has 1 amide bonds. The smallest absolute Gasteiger partial charge is 0.258 e. The van der Waals surface area contributed by atoms with Gasteiger partial charge in [-0.2, -0.15) is 4.98 Å². The second-order valence-corrected chi connectivity index (χ2v) is 4.99. The zero-order chi connectivity index (χ0) is 14.5. The molecule has 7 heteroatoms. The van der Waals surface area contributed by atoms with Gasteiger partial charge in [0, 0.05) is 18.8 Å². The number of carbonyl (C=O) groups excluding carboxylic acids is 1. The first-order valence-corrected chi connectivity index (χ1v) is 6.76. The van der Waals surface area contributed by atoms with Crippen LogP contribution in [-0.2, 0) is 0 Å². The summed E-state index contributed by atoms with van der Waals surface area (Å²) in [6.07, 6.45) is 4.92. The highest BCUT2D eigenvalue weighted by Gasteiger charge is 2.21. The SMILES string of the molecule is COc1nc(N)ncc1C(=O)NC[C@H]1CCCCN1C. The van der Waals surface area contributed by atoms with Gasteiger partial charge in [-0.3, -0.25) is 4.79 Å². The minimum Gasteiger partial charge on any atom is -0.480 e. The van der Waals surface area contributed by atoms with Gasteiger partial charge in [-0.25, -0.2) is 4.98 Å². The Hall–Kier alpha value is -1.89. The van der Waals surface area contributed by atoms with Gasteiger partial charge in [0.05, 0.1) is 7.11 Å². The predicted molar refractivity (Wildman–Crippen MR) is 75.6 cm³/mol. The van der Waals surface area contributed by atoms with E-state index in [1.165, 1.54) is 26.1 Å². The van der Waals surface area contributed by atoms with Crippen molar-refractivity contribution in [2.75, 3.05) is 33.0 Å². The maximum absolute atomic E-state index is 12.2. The third-order valence-corrected chi connectivity index (χ3v) is 3.63. The van der Waals surface area contributed by atoms with E-state index in [0.29, 0.717) is 18.2 Å². The number of ether oxygens (including phenoxy) is 1. The van der Waals surface area contributed by atoms with E-state index in [0.717, 1.165) is 13.0 Å². The molecule has 1 aliphatic heterocycles. The summed E-state index contributed by atoms with van der Waals surface area (Å²) in [5.74, 6) is 0.0539. The Morgan fingerprint density at radius 1 is 1.60 bits per heavy atom. The predicted octanol–water partition coefficient (Wildman–Crippen LogP) is 0.282. The van der Waals surface area contributed by atoms with E-state index in [-0.39, 0.29) is 17.7 Å².